The summed E-state index contributed by atoms with van der Waals surface area (Å²) in [6.07, 6.45) is 0.396. The van der Waals surface area contributed by atoms with Gasteiger partial charge in [0, 0.05) is 23.4 Å². The first-order chi connectivity index (χ1) is 13.8. The van der Waals surface area contributed by atoms with Crippen molar-refractivity contribution in [3.05, 3.63) is 53.6 Å². The fraction of sp³-hybridized carbons (Fsp3) is 0.318. The van der Waals surface area contributed by atoms with Crippen molar-refractivity contribution in [3.8, 4) is 5.75 Å². The highest BCUT2D eigenvalue weighted by Gasteiger charge is 2.10. The molecule has 29 heavy (non-hydrogen) atoms. The number of anilines is 2. The number of aryl methyl sites for hydroxylation is 1. The van der Waals surface area contributed by atoms with Crippen LogP contribution < -0.4 is 20.7 Å². The Morgan fingerprint density at radius 1 is 1.07 bits per heavy atom. The van der Waals surface area contributed by atoms with Crippen molar-refractivity contribution < 1.29 is 14.3 Å². The Labute approximate surface area is 177 Å². The maximum absolute atomic E-state index is 12.4. The number of carbonyl (C=O) groups excluding carboxylic acids is 2. The summed E-state index contributed by atoms with van der Waals surface area (Å²) in [6.45, 7) is 8.47. The van der Waals surface area contributed by atoms with Crippen LogP contribution in [0.3, 0.4) is 0 Å². The Morgan fingerprint density at radius 3 is 2.38 bits per heavy atom. The molecule has 154 valence electrons. The lowest BCUT2D eigenvalue weighted by Crippen LogP contribution is -2.34. The van der Waals surface area contributed by atoms with Crippen LogP contribution in [0.15, 0.2) is 42.5 Å². The summed E-state index contributed by atoms with van der Waals surface area (Å²) in [5, 5.41) is 8.64. The van der Waals surface area contributed by atoms with Gasteiger partial charge in [0.25, 0.3) is 5.91 Å². The largest absolute Gasteiger partial charge is 0.493 e. The quantitative estimate of drug-likeness (QED) is 0.582. The van der Waals surface area contributed by atoms with Gasteiger partial charge in [-0.2, -0.15) is 0 Å². The zero-order chi connectivity index (χ0) is 21.4. The molecule has 2 aromatic carbocycles. The molecule has 0 heterocycles. The normalized spacial score (nSPS) is 10.4. The summed E-state index contributed by atoms with van der Waals surface area (Å²) in [6, 6.07) is 12.4. The highest BCUT2D eigenvalue weighted by molar-refractivity contribution is 7.80. The lowest BCUT2D eigenvalue weighted by molar-refractivity contribution is -0.115. The number of thiocarbonyl (C=S) groups is 1. The first kappa shape index (κ1) is 22.4. The number of hydrogen-bond donors (Lipinski definition) is 3. The van der Waals surface area contributed by atoms with Gasteiger partial charge in [-0.15, -0.1) is 0 Å². The predicted octanol–water partition coefficient (Wildman–Crippen LogP) is 4.51. The second kappa shape index (κ2) is 10.6. The van der Waals surface area contributed by atoms with Crippen LogP contribution in [0.2, 0.25) is 0 Å². The van der Waals surface area contributed by atoms with Gasteiger partial charge in [-0.1, -0.05) is 26.8 Å². The third kappa shape index (κ3) is 7.19. The molecule has 0 aliphatic heterocycles. The third-order valence-corrected chi connectivity index (χ3v) is 4.22. The van der Waals surface area contributed by atoms with Crippen LogP contribution in [0.25, 0.3) is 0 Å². The molecule has 3 N–H and O–H groups in total. The number of amides is 2. The maximum atomic E-state index is 12.4. The summed E-state index contributed by atoms with van der Waals surface area (Å²) in [5.74, 6) is 0.766. The van der Waals surface area contributed by atoms with Crippen molar-refractivity contribution in [1.82, 2.24) is 5.32 Å². The summed E-state index contributed by atoms with van der Waals surface area (Å²) < 4.78 is 5.62. The van der Waals surface area contributed by atoms with E-state index in [0.717, 1.165) is 11.3 Å². The molecule has 2 amide bonds. The molecular weight excluding hydrogens is 386 g/mol. The standard InChI is InChI=1S/C22H27N3O3S/c1-5-20(26)24-19-12-17(9-6-15(19)4)23-22(29)25-21(27)16-7-10-18(11-8-16)28-13-14(2)3/h6-12,14H,5,13H2,1-4H3,(H,24,26)(H2,23,25,27,29). The minimum absolute atomic E-state index is 0.0676. The van der Waals surface area contributed by atoms with Gasteiger partial charge < -0.3 is 15.4 Å². The van der Waals surface area contributed by atoms with Crippen molar-refractivity contribution in [2.75, 3.05) is 17.2 Å². The molecule has 0 saturated heterocycles. The molecule has 0 spiro atoms. The molecule has 0 aliphatic carbocycles. The highest BCUT2D eigenvalue weighted by Crippen LogP contribution is 2.20. The minimum atomic E-state index is -0.315. The summed E-state index contributed by atoms with van der Waals surface area (Å²) in [7, 11) is 0. The summed E-state index contributed by atoms with van der Waals surface area (Å²) >= 11 is 5.24. The molecule has 0 unspecified atom stereocenters. The van der Waals surface area contributed by atoms with Crippen molar-refractivity contribution in [3.63, 3.8) is 0 Å². The van der Waals surface area contributed by atoms with E-state index in [0.29, 0.717) is 35.9 Å². The summed E-state index contributed by atoms with van der Waals surface area (Å²) in [5.41, 5.74) is 2.79. The fourth-order valence-electron chi connectivity index (χ4n) is 2.38. The van der Waals surface area contributed by atoms with Crippen LogP contribution in [0.4, 0.5) is 11.4 Å². The molecule has 0 aliphatic rings. The van der Waals surface area contributed by atoms with E-state index in [9.17, 15) is 9.59 Å². The second-order valence-electron chi connectivity index (χ2n) is 7.07. The van der Waals surface area contributed by atoms with E-state index >= 15 is 0 Å². The highest BCUT2D eigenvalue weighted by atomic mass is 32.1. The van der Waals surface area contributed by atoms with Crippen molar-refractivity contribution >= 4 is 40.5 Å². The van der Waals surface area contributed by atoms with Gasteiger partial charge in [0.1, 0.15) is 5.75 Å². The lowest BCUT2D eigenvalue weighted by Gasteiger charge is -2.13. The van der Waals surface area contributed by atoms with E-state index in [-0.39, 0.29) is 16.9 Å². The lowest BCUT2D eigenvalue weighted by atomic mass is 10.1. The van der Waals surface area contributed by atoms with Crippen molar-refractivity contribution in [2.24, 2.45) is 5.92 Å². The van der Waals surface area contributed by atoms with E-state index in [1.165, 1.54) is 0 Å². The number of carbonyl (C=O) groups is 2. The predicted molar refractivity (Wildman–Crippen MR) is 121 cm³/mol. The van der Waals surface area contributed by atoms with Gasteiger partial charge in [0.15, 0.2) is 5.11 Å². The topological polar surface area (TPSA) is 79.5 Å². The molecule has 2 aromatic rings. The number of hydrogen-bond acceptors (Lipinski definition) is 4. The molecular formula is C22H27N3O3S. The molecule has 0 radical (unpaired) electrons. The Kier molecular flexibility index (Phi) is 8.15. The Hall–Kier alpha value is -2.93. The first-order valence-electron chi connectivity index (χ1n) is 9.54. The van der Waals surface area contributed by atoms with Gasteiger partial charge in [0.2, 0.25) is 5.91 Å². The van der Waals surface area contributed by atoms with Crippen molar-refractivity contribution in [2.45, 2.75) is 34.1 Å². The van der Waals surface area contributed by atoms with Gasteiger partial charge in [-0.3, -0.25) is 14.9 Å². The van der Waals surface area contributed by atoms with Crippen LogP contribution in [0.1, 0.15) is 43.1 Å². The SMILES string of the molecule is CCC(=O)Nc1cc(NC(=S)NC(=O)c2ccc(OCC(C)C)cc2)ccc1C. The number of benzene rings is 2. The van der Waals surface area contributed by atoms with Crippen LogP contribution in [-0.4, -0.2) is 23.5 Å². The monoisotopic (exact) mass is 413 g/mol. The molecule has 0 aromatic heterocycles. The third-order valence-electron chi connectivity index (χ3n) is 4.02. The van der Waals surface area contributed by atoms with Crippen LogP contribution in [-0.2, 0) is 4.79 Å². The number of nitrogens with one attached hydrogen (secondary N) is 3. The number of ether oxygens (including phenoxy) is 1. The zero-order valence-electron chi connectivity index (χ0n) is 17.2. The Balaban J connectivity index is 1.95. The molecule has 6 nitrogen and oxygen atoms in total. The minimum Gasteiger partial charge on any atom is -0.493 e. The van der Waals surface area contributed by atoms with E-state index in [2.05, 4.69) is 29.8 Å². The zero-order valence-corrected chi connectivity index (χ0v) is 18.0. The fourth-order valence-corrected chi connectivity index (χ4v) is 2.59. The van der Waals surface area contributed by atoms with Gasteiger partial charge in [-0.25, -0.2) is 0 Å². The average molecular weight is 414 g/mol. The Morgan fingerprint density at radius 2 is 1.76 bits per heavy atom. The van der Waals surface area contributed by atoms with E-state index in [4.69, 9.17) is 17.0 Å². The second-order valence-corrected chi connectivity index (χ2v) is 7.48. The molecule has 0 bridgehead atoms. The molecule has 7 heteroatoms. The molecule has 2 rings (SSSR count). The average Bonchev–Trinajstić information content (AvgIpc) is 2.69. The molecule has 0 saturated carbocycles. The van der Waals surface area contributed by atoms with Crippen molar-refractivity contribution in [1.29, 1.82) is 0 Å². The maximum Gasteiger partial charge on any atom is 0.257 e. The molecule has 0 atom stereocenters. The van der Waals surface area contributed by atoms with Gasteiger partial charge in [-0.05, 0) is 67.0 Å². The van der Waals surface area contributed by atoms with E-state index < -0.39 is 0 Å². The molecule has 0 fully saturated rings. The van der Waals surface area contributed by atoms with E-state index in [1.54, 1.807) is 37.3 Å². The van der Waals surface area contributed by atoms with Crippen LogP contribution in [0, 0.1) is 12.8 Å². The van der Waals surface area contributed by atoms with Crippen LogP contribution in [0.5, 0.6) is 5.75 Å². The number of rotatable bonds is 7. The van der Waals surface area contributed by atoms with E-state index in [1.807, 2.05) is 19.1 Å². The van der Waals surface area contributed by atoms with Gasteiger partial charge >= 0.3 is 0 Å². The summed E-state index contributed by atoms with van der Waals surface area (Å²) in [4.78, 5) is 24.0. The smallest absolute Gasteiger partial charge is 0.257 e. The first-order valence-corrected chi connectivity index (χ1v) is 9.95. The van der Waals surface area contributed by atoms with Gasteiger partial charge in [0.05, 0.1) is 6.61 Å². The Bertz CT molecular complexity index is 879. The van der Waals surface area contributed by atoms with Crippen LogP contribution >= 0.6 is 12.2 Å².